The predicted molar refractivity (Wildman–Crippen MR) is 79.6 cm³/mol. The van der Waals surface area contributed by atoms with Crippen LogP contribution >= 0.6 is 0 Å². The average Bonchev–Trinajstić information content (AvgIpc) is 3.10. The lowest BCUT2D eigenvalue weighted by atomic mass is 10.3. The molecule has 21 heavy (non-hydrogen) atoms. The molecule has 6 heteroatoms. The molecule has 2 aliphatic rings. The van der Waals surface area contributed by atoms with E-state index in [-0.39, 0.29) is 0 Å². The molecule has 0 atom stereocenters. The average molecular weight is 288 g/mol. The maximum absolute atomic E-state index is 5.40. The molecule has 2 aliphatic heterocycles. The van der Waals surface area contributed by atoms with Gasteiger partial charge in [0.2, 0.25) is 6.79 Å². The Morgan fingerprint density at radius 2 is 1.81 bits per heavy atom. The first-order valence-electron chi connectivity index (χ1n) is 7.55. The SMILES string of the molecule is CCN1CCN(Cc2nc3cc4c(cc3[nH]2)OCO4)CC1. The van der Waals surface area contributed by atoms with E-state index in [9.17, 15) is 0 Å². The van der Waals surface area contributed by atoms with Gasteiger partial charge >= 0.3 is 0 Å². The smallest absolute Gasteiger partial charge is 0.231 e. The molecule has 0 amide bonds. The molecule has 0 aliphatic carbocycles. The van der Waals surface area contributed by atoms with Gasteiger partial charge in [0.25, 0.3) is 0 Å². The molecule has 112 valence electrons. The third kappa shape index (κ3) is 2.45. The summed E-state index contributed by atoms with van der Waals surface area (Å²) in [7, 11) is 0. The number of ether oxygens (including phenoxy) is 2. The van der Waals surface area contributed by atoms with Crippen LogP contribution in [0.4, 0.5) is 0 Å². The fourth-order valence-corrected chi connectivity index (χ4v) is 3.00. The second-order valence-electron chi connectivity index (χ2n) is 5.62. The molecule has 0 spiro atoms. The van der Waals surface area contributed by atoms with Crippen molar-refractivity contribution in [3.63, 3.8) is 0 Å². The number of benzene rings is 1. The van der Waals surface area contributed by atoms with Crippen molar-refractivity contribution in [2.24, 2.45) is 0 Å². The molecule has 0 saturated carbocycles. The van der Waals surface area contributed by atoms with Crippen LogP contribution in [0.15, 0.2) is 12.1 Å². The van der Waals surface area contributed by atoms with Crippen LogP contribution in [0, 0.1) is 0 Å². The highest BCUT2D eigenvalue weighted by atomic mass is 16.7. The Labute approximate surface area is 123 Å². The molecule has 3 heterocycles. The summed E-state index contributed by atoms with van der Waals surface area (Å²) < 4.78 is 10.8. The number of imidazole rings is 1. The topological polar surface area (TPSA) is 53.6 Å². The highest BCUT2D eigenvalue weighted by Crippen LogP contribution is 2.35. The van der Waals surface area contributed by atoms with E-state index in [1.54, 1.807) is 0 Å². The fraction of sp³-hybridized carbons (Fsp3) is 0.533. The van der Waals surface area contributed by atoms with Crippen LogP contribution in [0.1, 0.15) is 12.7 Å². The zero-order valence-electron chi connectivity index (χ0n) is 12.3. The van der Waals surface area contributed by atoms with Gasteiger partial charge in [0.1, 0.15) is 5.82 Å². The molecule has 0 bridgehead atoms. The molecule has 1 saturated heterocycles. The number of hydrogen-bond donors (Lipinski definition) is 1. The molecule has 1 N–H and O–H groups in total. The van der Waals surface area contributed by atoms with Gasteiger partial charge in [-0.3, -0.25) is 4.90 Å². The van der Waals surface area contributed by atoms with Crippen molar-refractivity contribution in [3.05, 3.63) is 18.0 Å². The first-order valence-corrected chi connectivity index (χ1v) is 7.55. The lowest BCUT2D eigenvalue weighted by molar-refractivity contribution is 0.130. The van der Waals surface area contributed by atoms with E-state index in [0.717, 1.165) is 67.6 Å². The molecule has 6 nitrogen and oxygen atoms in total. The van der Waals surface area contributed by atoms with Gasteiger partial charge in [-0.1, -0.05) is 6.92 Å². The van der Waals surface area contributed by atoms with Crippen LogP contribution in [0.2, 0.25) is 0 Å². The van der Waals surface area contributed by atoms with Crippen molar-refractivity contribution in [1.82, 2.24) is 19.8 Å². The number of nitrogens with one attached hydrogen (secondary N) is 1. The summed E-state index contributed by atoms with van der Waals surface area (Å²) in [5.41, 5.74) is 1.96. The van der Waals surface area contributed by atoms with Crippen LogP contribution in [0.25, 0.3) is 11.0 Å². The lowest BCUT2D eigenvalue weighted by Crippen LogP contribution is -2.45. The number of nitrogens with zero attached hydrogens (tertiary/aromatic N) is 3. The number of piperazine rings is 1. The van der Waals surface area contributed by atoms with Crippen LogP contribution in [0.5, 0.6) is 11.5 Å². The Hall–Kier alpha value is -1.79. The molecule has 4 rings (SSSR count). The van der Waals surface area contributed by atoms with E-state index in [1.807, 2.05) is 12.1 Å². The molecular formula is C15H20N4O2. The molecule has 1 aromatic carbocycles. The van der Waals surface area contributed by atoms with E-state index < -0.39 is 0 Å². The minimum atomic E-state index is 0.302. The van der Waals surface area contributed by atoms with Crippen LogP contribution in [-0.4, -0.2) is 59.3 Å². The summed E-state index contributed by atoms with van der Waals surface area (Å²) >= 11 is 0. The normalized spacial score (nSPS) is 19.5. The highest BCUT2D eigenvalue weighted by molar-refractivity contribution is 5.80. The van der Waals surface area contributed by atoms with Gasteiger partial charge in [-0.15, -0.1) is 0 Å². The van der Waals surface area contributed by atoms with Gasteiger partial charge in [-0.05, 0) is 6.54 Å². The van der Waals surface area contributed by atoms with E-state index in [0.29, 0.717) is 6.79 Å². The quantitative estimate of drug-likeness (QED) is 0.926. The monoisotopic (exact) mass is 288 g/mol. The van der Waals surface area contributed by atoms with Crippen molar-refractivity contribution in [2.75, 3.05) is 39.5 Å². The van der Waals surface area contributed by atoms with Crippen molar-refractivity contribution < 1.29 is 9.47 Å². The Morgan fingerprint density at radius 1 is 1.10 bits per heavy atom. The number of aromatic nitrogens is 2. The van der Waals surface area contributed by atoms with E-state index in [2.05, 4.69) is 26.7 Å². The Bertz CT molecular complexity index is 605. The first-order chi connectivity index (χ1) is 10.3. The lowest BCUT2D eigenvalue weighted by Gasteiger charge is -2.33. The Balaban J connectivity index is 1.50. The molecule has 0 radical (unpaired) electrons. The largest absolute Gasteiger partial charge is 0.454 e. The van der Waals surface area contributed by atoms with Gasteiger partial charge in [-0.25, -0.2) is 4.98 Å². The second-order valence-corrected chi connectivity index (χ2v) is 5.62. The molecular weight excluding hydrogens is 268 g/mol. The Morgan fingerprint density at radius 3 is 2.57 bits per heavy atom. The minimum Gasteiger partial charge on any atom is -0.454 e. The fourth-order valence-electron chi connectivity index (χ4n) is 3.00. The van der Waals surface area contributed by atoms with Crippen molar-refractivity contribution in [3.8, 4) is 11.5 Å². The van der Waals surface area contributed by atoms with Gasteiger partial charge in [0, 0.05) is 38.3 Å². The maximum Gasteiger partial charge on any atom is 0.231 e. The highest BCUT2D eigenvalue weighted by Gasteiger charge is 2.19. The third-order valence-corrected chi connectivity index (χ3v) is 4.31. The minimum absolute atomic E-state index is 0.302. The van der Waals surface area contributed by atoms with Crippen LogP contribution < -0.4 is 9.47 Å². The number of fused-ring (bicyclic) bond motifs is 2. The van der Waals surface area contributed by atoms with Crippen LogP contribution in [-0.2, 0) is 6.54 Å². The zero-order chi connectivity index (χ0) is 14.2. The van der Waals surface area contributed by atoms with Crippen molar-refractivity contribution >= 4 is 11.0 Å². The summed E-state index contributed by atoms with van der Waals surface area (Å²) in [5.74, 6) is 2.60. The number of H-pyrrole nitrogens is 1. The van der Waals surface area contributed by atoms with E-state index in [4.69, 9.17) is 9.47 Å². The van der Waals surface area contributed by atoms with E-state index in [1.165, 1.54) is 0 Å². The molecule has 0 unspecified atom stereocenters. The van der Waals surface area contributed by atoms with Crippen molar-refractivity contribution in [2.45, 2.75) is 13.5 Å². The molecule has 2 aromatic rings. The zero-order valence-corrected chi connectivity index (χ0v) is 12.3. The molecule has 1 fully saturated rings. The second kappa shape index (κ2) is 5.20. The standard InChI is InChI=1S/C15H20N4O2/c1-2-18-3-5-19(6-4-18)9-15-16-11-7-13-14(21-10-20-13)8-12(11)17-15/h7-8H,2-6,9-10H2,1H3,(H,16,17). The van der Waals surface area contributed by atoms with Gasteiger partial charge < -0.3 is 19.4 Å². The molecule has 1 aromatic heterocycles. The number of aromatic amines is 1. The summed E-state index contributed by atoms with van der Waals surface area (Å²) in [6.45, 7) is 9.04. The third-order valence-electron chi connectivity index (χ3n) is 4.31. The summed E-state index contributed by atoms with van der Waals surface area (Å²) in [4.78, 5) is 13.0. The van der Waals surface area contributed by atoms with Gasteiger partial charge in [0.05, 0.1) is 17.6 Å². The summed E-state index contributed by atoms with van der Waals surface area (Å²) in [6.07, 6.45) is 0. The van der Waals surface area contributed by atoms with Gasteiger partial charge in [0.15, 0.2) is 11.5 Å². The Kier molecular flexibility index (Phi) is 3.20. The number of likely N-dealkylation sites (N-methyl/N-ethyl adjacent to an activating group) is 1. The maximum atomic E-state index is 5.40. The van der Waals surface area contributed by atoms with Crippen molar-refractivity contribution in [1.29, 1.82) is 0 Å². The van der Waals surface area contributed by atoms with Crippen LogP contribution in [0.3, 0.4) is 0 Å². The number of rotatable bonds is 3. The van der Waals surface area contributed by atoms with Gasteiger partial charge in [-0.2, -0.15) is 0 Å². The first kappa shape index (κ1) is 12.9. The predicted octanol–water partition coefficient (Wildman–Crippen LogP) is 1.43. The summed E-state index contributed by atoms with van der Waals surface area (Å²) in [6, 6.07) is 3.93. The number of hydrogen-bond acceptors (Lipinski definition) is 5. The van der Waals surface area contributed by atoms with E-state index >= 15 is 0 Å². The summed E-state index contributed by atoms with van der Waals surface area (Å²) in [5, 5.41) is 0.